The van der Waals surface area contributed by atoms with E-state index in [1.54, 1.807) is 6.92 Å². The van der Waals surface area contributed by atoms with Crippen molar-refractivity contribution in [3.05, 3.63) is 16.0 Å². The number of ether oxygens (including phenoxy) is 2. The molecular formula is C25H32N2O6S. The third-order valence-electron chi connectivity index (χ3n) is 7.92. The van der Waals surface area contributed by atoms with Gasteiger partial charge in [-0.1, -0.05) is 0 Å². The molecule has 4 saturated carbocycles. The minimum absolute atomic E-state index is 0.0647. The molecule has 5 aliphatic carbocycles. The van der Waals surface area contributed by atoms with Crippen LogP contribution in [0.5, 0.6) is 0 Å². The molecule has 0 spiro atoms. The van der Waals surface area contributed by atoms with Crippen LogP contribution in [0.25, 0.3) is 0 Å². The van der Waals surface area contributed by atoms with Crippen LogP contribution in [-0.4, -0.2) is 42.5 Å². The second-order valence-corrected chi connectivity index (χ2v) is 11.7. The molecule has 4 bridgehead atoms. The Balaban J connectivity index is 1.25. The van der Waals surface area contributed by atoms with Crippen molar-refractivity contribution in [2.24, 2.45) is 17.3 Å². The van der Waals surface area contributed by atoms with Gasteiger partial charge >= 0.3 is 11.9 Å². The van der Waals surface area contributed by atoms with Crippen molar-refractivity contribution in [2.75, 3.05) is 18.5 Å². The van der Waals surface area contributed by atoms with Crippen LogP contribution in [0.3, 0.4) is 0 Å². The third kappa shape index (κ3) is 4.12. The van der Waals surface area contributed by atoms with Crippen LogP contribution in [0.1, 0.15) is 79.6 Å². The molecule has 2 N–H and O–H groups in total. The summed E-state index contributed by atoms with van der Waals surface area (Å²) in [7, 11) is 0. The first-order valence-corrected chi connectivity index (χ1v) is 13.1. The van der Waals surface area contributed by atoms with E-state index in [9.17, 15) is 19.2 Å². The van der Waals surface area contributed by atoms with Crippen LogP contribution >= 0.6 is 11.3 Å². The first-order chi connectivity index (χ1) is 16.2. The topological polar surface area (TPSA) is 111 Å². The average Bonchev–Trinajstić information content (AvgIpc) is 3.30. The van der Waals surface area contributed by atoms with Gasteiger partial charge in [0.25, 0.3) is 5.91 Å². The van der Waals surface area contributed by atoms with Gasteiger partial charge in [0, 0.05) is 17.3 Å². The molecule has 0 radical (unpaired) electrons. The van der Waals surface area contributed by atoms with E-state index in [1.165, 1.54) is 18.3 Å². The highest BCUT2D eigenvalue weighted by Gasteiger charge is 2.61. The number of carbonyl (C=O) groups excluding carboxylic acids is 4. The molecule has 184 valence electrons. The zero-order valence-corrected chi connectivity index (χ0v) is 20.6. The predicted molar refractivity (Wildman–Crippen MR) is 126 cm³/mol. The van der Waals surface area contributed by atoms with Gasteiger partial charge in [-0.2, -0.15) is 0 Å². The van der Waals surface area contributed by atoms with Gasteiger partial charge in [-0.05, 0) is 82.1 Å². The highest BCUT2D eigenvalue weighted by atomic mass is 32.1. The van der Waals surface area contributed by atoms with Crippen LogP contribution < -0.4 is 10.6 Å². The molecule has 9 heteroatoms. The van der Waals surface area contributed by atoms with Crippen molar-refractivity contribution in [3.8, 4) is 0 Å². The Labute approximate surface area is 203 Å². The summed E-state index contributed by atoms with van der Waals surface area (Å²) in [5.41, 5.74) is 0.445. The van der Waals surface area contributed by atoms with Crippen LogP contribution in [0, 0.1) is 17.3 Å². The number of rotatable bonds is 7. The van der Waals surface area contributed by atoms with E-state index in [-0.39, 0.29) is 24.0 Å². The third-order valence-corrected chi connectivity index (χ3v) is 9.13. The Morgan fingerprint density at radius 3 is 2.47 bits per heavy atom. The van der Waals surface area contributed by atoms with Crippen molar-refractivity contribution >= 4 is 40.1 Å². The summed E-state index contributed by atoms with van der Waals surface area (Å²) in [6.45, 7) is 3.15. The molecule has 1 aromatic heterocycles. The standard InChI is InChI=1S/C25H32N2O6S/c1-3-32-22(30)20-17-5-4-6-18(17)34-21(20)26-19(29)12-33-23(31)24-8-15-7-16(9-24)11-25(10-15,13-24)27-14(2)28/h15-16H,3-13H2,1-2H3,(H,26,29)(H,27,28). The average molecular weight is 489 g/mol. The van der Waals surface area contributed by atoms with Crippen LogP contribution in [0.15, 0.2) is 0 Å². The number of fused-ring (bicyclic) bond motifs is 1. The van der Waals surface area contributed by atoms with E-state index in [2.05, 4.69) is 10.6 Å². The lowest BCUT2D eigenvalue weighted by Crippen LogP contribution is -2.64. The number of amides is 2. The van der Waals surface area contributed by atoms with Gasteiger partial charge in [0.1, 0.15) is 5.00 Å². The van der Waals surface area contributed by atoms with E-state index >= 15 is 0 Å². The summed E-state index contributed by atoms with van der Waals surface area (Å²) < 4.78 is 10.8. The Bertz CT molecular complexity index is 1030. The maximum Gasteiger partial charge on any atom is 0.341 e. The number of aryl methyl sites for hydroxylation is 1. The highest BCUT2D eigenvalue weighted by molar-refractivity contribution is 7.17. The minimum atomic E-state index is -0.632. The van der Waals surface area contributed by atoms with Crippen LogP contribution in [0.4, 0.5) is 5.00 Å². The molecule has 2 unspecified atom stereocenters. The number of carbonyl (C=O) groups is 4. The zero-order valence-electron chi connectivity index (χ0n) is 19.8. The summed E-state index contributed by atoms with van der Waals surface area (Å²) in [4.78, 5) is 51.5. The maximum atomic E-state index is 13.3. The number of thiophene rings is 1. The lowest BCUT2D eigenvalue weighted by Gasteiger charge is -2.60. The maximum absolute atomic E-state index is 13.3. The lowest BCUT2D eigenvalue weighted by atomic mass is 9.47. The molecule has 1 heterocycles. The first kappa shape index (κ1) is 23.3. The molecule has 2 atom stereocenters. The van der Waals surface area contributed by atoms with Gasteiger partial charge in [0.05, 0.1) is 17.6 Å². The molecule has 0 aliphatic heterocycles. The summed E-state index contributed by atoms with van der Waals surface area (Å²) in [6.07, 6.45) is 7.70. The monoisotopic (exact) mass is 488 g/mol. The summed E-state index contributed by atoms with van der Waals surface area (Å²) in [5, 5.41) is 6.40. The van der Waals surface area contributed by atoms with Gasteiger partial charge in [-0.15, -0.1) is 11.3 Å². The fourth-order valence-electron chi connectivity index (χ4n) is 7.38. The van der Waals surface area contributed by atoms with E-state index in [0.717, 1.165) is 61.8 Å². The summed E-state index contributed by atoms with van der Waals surface area (Å²) in [6, 6.07) is 0. The van der Waals surface area contributed by atoms with Crippen molar-refractivity contribution < 1.29 is 28.7 Å². The molecule has 2 amide bonds. The molecule has 1 aromatic rings. The Hall–Kier alpha value is -2.42. The quantitative estimate of drug-likeness (QED) is 0.570. The van der Waals surface area contributed by atoms with Crippen molar-refractivity contribution in [3.63, 3.8) is 0 Å². The lowest BCUT2D eigenvalue weighted by molar-refractivity contribution is -0.176. The van der Waals surface area contributed by atoms with Crippen molar-refractivity contribution in [1.82, 2.24) is 5.32 Å². The molecule has 6 rings (SSSR count). The first-order valence-electron chi connectivity index (χ1n) is 12.3. The van der Waals surface area contributed by atoms with E-state index in [4.69, 9.17) is 9.47 Å². The minimum Gasteiger partial charge on any atom is -0.462 e. The molecular weight excluding hydrogens is 456 g/mol. The smallest absolute Gasteiger partial charge is 0.341 e. The van der Waals surface area contributed by atoms with E-state index < -0.39 is 23.9 Å². The molecule has 4 fully saturated rings. The zero-order chi connectivity index (χ0) is 24.1. The van der Waals surface area contributed by atoms with Gasteiger partial charge in [0.2, 0.25) is 5.91 Å². The SMILES string of the molecule is CCOC(=O)c1c(NC(=O)COC(=O)C23CC4CC(CC(NC(C)=O)(C4)C2)C3)sc2c1CCC2. The Morgan fingerprint density at radius 1 is 1.06 bits per heavy atom. The molecule has 5 aliphatic rings. The second-order valence-electron chi connectivity index (χ2n) is 10.6. The number of hydrogen-bond acceptors (Lipinski definition) is 7. The fourth-order valence-corrected chi connectivity index (χ4v) is 8.67. The number of hydrogen-bond donors (Lipinski definition) is 2. The Morgan fingerprint density at radius 2 is 1.79 bits per heavy atom. The molecule has 0 aromatic carbocycles. The normalized spacial score (nSPS) is 30.5. The largest absolute Gasteiger partial charge is 0.462 e. The fraction of sp³-hybridized carbons (Fsp3) is 0.680. The number of anilines is 1. The number of esters is 2. The molecule has 8 nitrogen and oxygen atoms in total. The summed E-state index contributed by atoms with van der Waals surface area (Å²) >= 11 is 1.40. The van der Waals surface area contributed by atoms with E-state index in [1.807, 2.05) is 0 Å². The second kappa shape index (κ2) is 8.66. The van der Waals surface area contributed by atoms with E-state index in [0.29, 0.717) is 28.8 Å². The van der Waals surface area contributed by atoms with Gasteiger partial charge in [-0.3, -0.25) is 14.4 Å². The highest BCUT2D eigenvalue weighted by Crippen LogP contribution is 2.62. The van der Waals surface area contributed by atoms with Crippen molar-refractivity contribution in [1.29, 1.82) is 0 Å². The Kier molecular flexibility index (Phi) is 5.94. The molecule has 34 heavy (non-hydrogen) atoms. The summed E-state index contributed by atoms with van der Waals surface area (Å²) in [5.74, 6) is -0.493. The van der Waals surface area contributed by atoms with Crippen LogP contribution in [0.2, 0.25) is 0 Å². The van der Waals surface area contributed by atoms with Gasteiger partial charge in [0.15, 0.2) is 6.61 Å². The predicted octanol–water partition coefficient (Wildman–Crippen LogP) is 3.37. The molecule has 0 saturated heterocycles. The van der Waals surface area contributed by atoms with Gasteiger partial charge < -0.3 is 20.1 Å². The van der Waals surface area contributed by atoms with Crippen molar-refractivity contribution in [2.45, 2.75) is 77.2 Å². The van der Waals surface area contributed by atoms with Gasteiger partial charge in [-0.25, -0.2) is 4.79 Å². The number of nitrogens with one attached hydrogen (secondary N) is 2. The van der Waals surface area contributed by atoms with Crippen LogP contribution in [-0.2, 0) is 36.7 Å².